The third kappa shape index (κ3) is 4.56. The standard InChI is InChI=1S/C27H29ClN4O2/c1-18-4-6-19(7-5-18)15-29-20-8-10-31(16-20)21-9-11-32-17-24(30-27(32)12-21)22-13-23(28)26(34-3)14-25(22)33-2/h4-7,9,11-14,17,20,29H,8,10,15-16H2,1-3H3/t20-/m0/s1. The number of ether oxygens (including phenoxy) is 2. The van der Waals surface area contributed by atoms with Crippen molar-refractivity contribution in [2.24, 2.45) is 0 Å². The molecule has 1 atom stereocenters. The SMILES string of the molecule is COc1cc(OC)c(-c2cn3ccc(N4CC[C@H](NCc5ccc(C)cc5)C4)cc3n2)cc1Cl. The number of rotatable bonds is 7. The molecule has 176 valence electrons. The third-order valence-electron chi connectivity index (χ3n) is 6.46. The molecule has 1 saturated heterocycles. The summed E-state index contributed by atoms with van der Waals surface area (Å²) in [5.74, 6) is 1.25. The largest absolute Gasteiger partial charge is 0.496 e. The summed E-state index contributed by atoms with van der Waals surface area (Å²) in [4.78, 5) is 7.29. The lowest BCUT2D eigenvalue weighted by molar-refractivity contribution is 0.395. The number of benzene rings is 2. The van der Waals surface area contributed by atoms with E-state index in [1.165, 1.54) is 16.8 Å². The van der Waals surface area contributed by atoms with Crippen molar-refractivity contribution in [3.8, 4) is 22.8 Å². The van der Waals surface area contributed by atoms with Crippen LogP contribution in [0.25, 0.3) is 16.9 Å². The van der Waals surface area contributed by atoms with E-state index in [0.29, 0.717) is 22.6 Å². The number of aromatic nitrogens is 2. The fourth-order valence-corrected chi connectivity index (χ4v) is 4.73. The minimum absolute atomic E-state index is 0.471. The smallest absolute Gasteiger partial charge is 0.141 e. The van der Waals surface area contributed by atoms with Crippen LogP contribution in [-0.2, 0) is 6.54 Å². The molecule has 1 N–H and O–H groups in total. The Balaban J connectivity index is 1.32. The number of anilines is 1. The number of hydrogen-bond acceptors (Lipinski definition) is 5. The molecule has 0 aliphatic carbocycles. The minimum atomic E-state index is 0.471. The lowest BCUT2D eigenvalue weighted by Gasteiger charge is -2.19. The van der Waals surface area contributed by atoms with E-state index < -0.39 is 0 Å². The van der Waals surface area contributed by atoms with Crippen molar-refractivity contribution in [2.75, 3.05) is 32.2 Å². The summed E-state index contributed by atoms with van der Waals surface area (Å²) in [5.41, 5.74) is 6.32. The predicted octanol–water partition coefficient (Wildman–Crippen LogP) is 5.35. The van der Waals surface area contributed by atoms with E-state index in [0.717, 1.165) is 43.0 Å². The molecule has 6 nitrogen and oxygen atoms in total. The minimum Gasteiger partial charge on any atom is -0.496 e. The number of aryl methyl sites for hydroxylation is 1. The van der Waals surface area contributed by atoms with Gasteiger partial charge in [0.15, 0.2) is 0 Å². The molecule has 0 radical (unpaired) electrons. The van der Waals surface area contributed by atoms with Crippen LogP contribution in [0.3, 0.4) is 0 Å². The van der Waals surface area contributed by atoms with Crippen LogP contribution in [0, 0.1) is 6.92 Å². The molecule has 1 aliphatic heterocycles. The maximum Gasteiger partial charge on any atom is 0.141 e. The topological polar surface area (TPSA) is 51.0 Å². The Kier molecular flexibility index (Phi) is 6.35. The average molecular weight is 477 g/mol. The molecular formula is C27H29ClN4O2. The van der Waals surface area contributed by atoms with E-state index in [9.17, 15) is 0 Å². The van der Waals surface area contributed by atoms with E-state index in [2.05, 4.69) is 59.7 Å². The lowest BCUT2D eigenvalue weighted by atomic mass is 10.1. The quantitative estimate of drug-likeness (QED) is 0.389. The van der Waals surface area contributed by atoms with Crippen molar-refractivity contribution in [1.82, 2.24) is 14.7 Å². The van der Waals surface area contributed by atoms with Crippen molar-refractivity contribution in [2.45, 2.75) is 25.9 Å². The molecule has 7 heteroatoms. The molecule has 0 spiro atoms. The molecule has 2 aromatic heterocycles. The second kappa shape index (κ2) is 9.57. The van der Waals surface area contributed by atoms with Crippen molar-refractivity contribution in [3.63, 3.8) is 0 Å². The predicted molar refractivity (Wildman–Crippen MR) is 137 cm³/mol. The number of halogens is 1. The number of hydrogen-bond donors (Lipinski definition) is 1. The highest BCUT2D eigenvalue weighted by Gasteiger charge is 2.23. The second-order valence-corrected chi connectivity index (χ2v) is 9.17. The van der Waals surface area contributed by atoms with Gasteiger partial charge in [0.05, 0.1) is 24.9 Å². The summed E-state index contributed by atoms with van der Waals surface area (Å²) in [6, 6.07) is 17.1. The van der Waals surface area contributed by atoms with Gasteiger partial charge in [-0.15, -0.1) is 0 Å². The van der Waals surface area contributed by atoms with Crippen LogP contribution < -0.4 is 19.7 Å². The number of nitrogens with zero attached hydrogens (tertiary/aromatic N) is 3. The Morgan fingerprint density at radius 3 is 2.62 bits per heavy atom. The Bertz CT molecular complexity index is 1300. The van der Waals surface area contributed by atoms with Crippen LogP contribution in [0.1, 0.15) is 17.5 Å². The summed E-state index contributed by atoms with van der Waals surface area (Å²) >= 11 is 6.38. The fraction of sp³-hybridized carbons (Fsp3) is 0.296. The summed E-state index contributed by atoms with van der Waals surface area (Å²) in [6.45, 7) is 5.02. The van der Waals surface area contributed by atoms with Crippen LogP contribution in [0.2, 0.25) is 5.02 Å². The fourth-order valence-electron chi connectivity index (χ4n) is 4.49. The van der Waals surface area contributed by atoms with E-state index in [1.807, 2.05) is 16.7 Å². The molecule has 0 saturated carbocycles. The lowest BCUT2D eigenvalue weighted by Crippen LogP contribution is -2.32. The number of nitrogens with one attached hydrogen (secondary N) is 1. The van der Waals surface area contributed by atoms with Crippen molar-refractivity contribution < 1.29 is 9.47 Å². The Morgan fingerprint density at radius 1 is 1.06 bits per heavy atom. The molecular weight excluding hydrogens is 448 g/mol. The number of imidazole rings is 1. The molecule has 4 aromatic rings. The van der Waals surface area contributed by atoms with Gasteiger partial charge in [-0.1, -0.05) is 41.4 Å². The van der Waals surface area contributed by atoms with E-state index in [-0.39, 0.29) is 0 Å². The monoisotopic (exact) mass is 476 g/mol. The molecule has 34 heavy (non-hydrogen) atoms. The van der Waals surface area contributed by atoms with Gasteiger partial charge in [0, 0.05) is 61.5 Å². The second-order valence-electron chi connectivity index (χ2n) is 8.76. The molecule has 0 unspecified atom stereocenters. The van der Waals surface area contributed by atoms with Crippen molar-refractivity contribution >= 4 is 22.9 Å². The number of pyridine rings is 1. The Labute approximate surface area is 205 Å². The van der Waals surface area contributed by atoms with E-state index in [1.54, 1.807) is 20.3 Å². The first-order valence-corrected chi connectivity index (χ1v) is 11.9. The van der Waals surface area contributed by atoms with Gasteiger partial charge in [-0.2, -0.15) is 0 Å². The molecule has 5 rings (SSSR count). The molecule has 0 bridgehead atoms. The number of methoxy groups -OCH3 is 2. The third-order valence-corrected chi connectivity index (χ3v) is 6.76. The van der Waals surface area contributed by atoms with Crippen molar-refractivity contribution in [3.05, 3.63) is 77.1 Å². The zero-order valence-corrected chi connectivity index (χ0v) is 20.5. The van der Waals surface area contributed by atoms with Gasteiger partial charge in [0.2, 0.25) is 0 Å². The highest BCUT2D eigenvalue weighted by atomic mass is 35.5. The average Bonchev–Trinajstić information content (AvgIpc) is 3.50. The van der Waals surface area contributed by atoms with Crippen LogP contribution >= 0.6 is 11.6 Å². The molecule has 1 aliphatic rings. The first-order chi connectivity index (χ1) is 16.5. The zero-order chi connectivity index (χ0) is 23.7. The molecule has 2 aromatic carbocycles. The summed E-state index contributed by atoms with van der Waals surface area (Å²) < 4.78 is 12.9. The van der Waals surface area contributed by atoms with Crippen molar-refractivity contribution in [1.29, 1.82) is 0 Å². The Morgan fingerprint density at radius 2 is 1.85 bits per heavy atom. The van der Waals surface area contributed by atoms with Gasteiger partial charge in [0.1, 0.15) is 17.1 Å². The molecule has 3 heterocycles. The van der Waals surface area contributed by atoms with E-state index in [4.69, 9.17) is 26.1 Å². The van der Waals surface area contributed by atoms with Gasteiger partial charge < -0.3 is 24.1 Å². The van der Waals surface area contributed by atoms with Gasteiger partial charge in [-0.3, -0.25) is 0 Å². The first kappa shape index (κ1) is 22.6. The normalized spacial score (nSPS) is 15.8. The Hall–Kier alpha value is -3.22. The molecule has 1 fully saturated rings. The molecule has 0 amide bonds. The summed E-state index contributed by atoms with van der Waals surface area (Å²) in [5, 5.41) is 4.23. The van der Waals surface area contributed by atoms with Crippen LogP contribution in [0.15, 0.2) is 60.9 Å². The maximum absolute atomic E-state index is 6.38. The van der Waals surface area contributed by atoms with Crippen LogP contribution in [0.5, 0.6) is 11.5 Å². The van der Waals surface area contributed by atoms with Gasteiger partial charge in [-0.05, 0) is 31.0 Å². The highest BCUT2D eigenvalue weighted by molar-refractivity contribution is 6.32. The zero-order valence-electron chi connectivity index (χ0n) is 19.7. The van der Waals surface area contributed by atoms with Gasteiger partial charge >= 0.3 is 0 Å². The maximum atomic E-state index is 6.38. The van der Waals surface area contributed by atoms with Crippen LogP contribution in [0.4, 0.5) is 5.69 Å². The van der Waals surface area contributed by atoms with Gasteiger partial charge in [0.25, 0.3) is 0 Å². The first-order valence-electron chi connectivity index (χ1n) is 11.5. The summed E-state index contributed by atoms with van der Waals surface area (Å²) in [7, 11) is 3.23. The number of fused-ring (bicyclic) bond motifs is 1. The van der Waals surface area contributed by atoms with E-state index >= 15 is 0 Å². The van der Waals surface area contributed by atoms with Crippen LogP contribution in [-0.4, -0.2) is 42.7 Å². The highest BCUT2D eigenvalue weighted by Crippen LogP contribution is 2.38. The van der Waals surface area contributed by atoms with Gasteiger partial charge in [-0.25, -0.2) is 4.98 Å². The summed E-state index contributed by atoms with van der Waals surface area (Å²) in [6.07, 6.45) is 5.18.